The van der Waals surface area contributed by atoms with Crippen LogP contribution in [0.2, 0.25) is 15.1 Å². The third kappa shape index (κ3) is 3.98. The zero-order valence-electron chi connectivity index (χ0n) is 9.45. The first-order chi connectivity index (χ1) is 8.27. The third-order valence-electron chi connectivity index (χ3n) is 2.21. The van der Waals surface area contributed by atoms with Crippen molar-refractivity contribution >= 4 is 44.8 Å². The second kappa shape index (κ2) is 6.41. The van der Waals surface area contributed by atoms with Crippen molar-refractivity contribution in [3.8, 4) is 0 Å². The van der Waals surface area contributed by atoms with E-state index in [1.807, 2.05) is 0 Å². The summed E-state index contributed by atoms with van der Waals surface area (Å²) in [6.45, 7) is 1.63. The Morgan fingerprint density at radius 1 is 1.28 bits per heavy atom. The van der Waals surface area contributed by atoms with Crippen molar-refractivity contribution < 1.29 is 13.5 Å². The quantitative estimate of drug-likeness (QED) is 0.871. The van der Waals surface area contributed by atoms with Gasteiger partial charge < -0.3 is 5.11 Å². The van der Waals surface area contributed by atoms with Crippen LogP contribution in [0.1, 0.15) is 13.3 Å². The van der Waals surface area contributed by atoms with Gasteiger partial charge in [0.05, 0.1) is 16.1 Å². The highest BCUT2D eigenvalue weighted by Gasteiger charge is 2.22. The molecule has 1 unspecified atom stereocenters. The number of hydrogen-bond donors (Lipinski definition) is 2. The summed E-state index contributed by atoms with van der Waals surface area (Å²) >= 11 is 17.3. The number of benzene rings is 1. The monoisotopic (exact) mass is 331 g/mol. The molecule has 0 radical (unpaired) electrons. The van der Waals surface area contributed by atoms with Gasteiger partial charge in [-0.25, -0.2) is 13.1 Å². The molecule has 1 atom stereocenters. The molecule has 0 saturated heterocycles. The molecular weight excluding hydrogens is 321 g/mol. The van der Waals surface area contributed by atoms with Gasteiger partial charge >= 0.3 is 0 Å². The number of aliphatic hydroxyl groups is 1. The van der Waals surface area contributed by atoms with E-state index in [1.165, 1.54) is 12.1 Å². The Balaban J connectivity index is 3.06. The molecule has 0 amide bonds. The minimum absolute atomic E-state index is 0.0639. The van der Waals surface area contributed by atoms with Gasteiger partial charge in [-0.05, 0) is 18.6 Å². The highest BCUT2D eigenvalue weighted by Crippen LogP contribution is 2.32. The average molecular weight is 333 g/mol. The molecule has 0 saturated carbocycles. The number of sulfonamides is 1. The first-order valence-corrected chi connectivity index (χ1v) is 7.72. The summed E-state index contributed by atoms with van der Waals surface area (Å²) in [6.07, 6.45) is -0.324. The van der Waals surface area contributed by atoms with Gasteiger partial charge in [-0.3, -0.25) is 0 Å². The third-order valence-corrected chi connectivity index (χ3v) is 4.77. The topological polar surface area (TPSA) is 66.4 Å². The average Bonchev–Trinajstić information content (AvgIpc) is 2.24. The first kappa shape index (κ1) is 16.0. The molecule has 0 bridgehead atoms. The standard InChI is InChI=1S/C10H12Cl3NO3S/c1-2-7(15)5-14-18(16,17)10-8(12)3-6(11)4-9(10)13/h3-4,7,14-15H,2,5H2,1H3. The molecule has 1 rings (SSSR count). The SMILES string of the molecule is CCC(O)CNS(=O)(=O)c1c(Cl)cc(Cl)cc1Cl. The second-order valence-corrected chi connectivity index (χ2v) is 6.57. The lowest BCUT2D eigenvalue weighted by Crippen LogP contribution is -2.32. The molecule has 0 aromatic heterocycles. The lowest BCUT2D eigenvalue weighted by Gasteiger charge is -2.12. The fraction of sp³-hybridized carbons (Fsp3) is 0.400. The molecule has 18 heavy (non-hydrogen) atoms. The Morgan fingerprint density at radius 3 is 2.22 bits per heavy atom. The van der Waals surface area contributed by atoms with Gasteiger partial charge in [0.15, 0.2) is 0 Å². The summed E-state index contributed by atoms with van der Waals surface area (Å²) in [5.41, 5.74) is 0. The van der Waals surface area contributed by atoms with E-state index >= 15 is 0 Å². The molecular formula is C10H12Cl3NO3S. The van der Waals surface area contributed by atoms with Crippen molar-refractivity contribution in [2.24, 2.45) is 0 Å². The zero-order valence-corrected chi connectivity index (χ0v) is 12.5. The van der Waals surface area contributed by atoms with Crippen LogP contribution < -0.4 is 4.72 Å². The molecule has 102 valence electrons. The van der Waals surface area contributed by atoms with Gasteiger partial charge in [0.25, 0.3) is 0 Å². The number of aliphatic hydroxyl groups excluding tert-OH is 1. The normalized spacial score (nSPS) is 13.6. The van der Waals surface area contributed by atoms with E-state index in [1.54, 1.807) is 6.92 Å². The molecule has 4 nitrogen and oxygen atoms in total. The Morgan fingerprint density at radius 2 is 1.78 bits per heavy atom. The van der Waals surface area contributed by atoms with Crippen molar-refractivity contribution in [1.82, 2.24) is 4.72 Å². The molecule has 1 aromatic rings. The van der Waals surface area contributed by atoms with Crippen molar-refractivity contribution in [1.29, 1.82) is 0 Å². The highest BCUT2D eigenvalue weighted by molar-refractivity contribution is 7.89. The molecule has 0 aliphatic heterocycles. The number of rotatable bonds is 5. The van der Waals surface area contributed by atoms with E-state index < -0.39 is 16.1 Å². The van der Waals surface area contributed by atoms with Gasteiger partial charge in [0, 0.05) is 11.6 Å². The van der Waals surface area contributed by atoms with E-state index in [0.29, 0.717) is 6.42 Å². The molecule has 0 aliphatic carbocycles. The van der Waals surface area contributed by atoms with Gasteiger partial charge in [0.2, 0.25) is 10.0 Å². The molecule has 1 aromatic carbocycles. The maximum Gasteiger partial charge on any atom is 0.243 e. The van der Waals surface area contributed by atoms with Crippen molar-refractivity contribution in [3.63, 3.8) is 0 Å². The minimum Gasteiger partial charge on any atom is -0.392 e. The van der Waals surface area contributed by atoms with Crippen LogP contribution >= 0.6 is 34.8 Å². The predicted octanol–water partition coefficient (Wildman–Crippen LogP) is 2.70. The molecule has 0 spiro atoms. The fourth-order valence-corrected chi connectivity index (χ4v) is 3.82. The summed E-state index contributed by atoms with van der Waals surface area (Å²) < 4.78 is 26.2. The van der Waals surface area contributed by atoms with Gasteiger partial charge in [-0.15, -0.1) is 0 Å². The lowest BCUT2D eigenvalue weighted by molar-refractivity contribution is 0.174. The van der Waals surface area contributed by atoms with Crippen LogP contribution in [0.25, 0.3) is 0 Å². The maximum absolute atomic E-state index is 12.0. The molecule has 2 N–H and O–H groups in total. The Hall–Kier alpha value is -0.0400. The van der Waals surface area contributed by atoms with Gasteiger partial charge in [-0.1, -0.05) is 41.7 Å². The highest BCUT2D eigenvalue weighted by atomic mass is 35.5. The van der Waals surface area contributed by atoms with E-state index in [0.717, 1.165) is 0 Å². The van der Waals surface area contributed by atoms with E-state index in [2.05, 4.69) is 4.72 Å². The lowest BCUT2D eigenvalue weighted by atomic mass is 10.3. The second-order valence-electron chi connectivity index (χ2n) is 3.61. The smallest absolute Gasteiger partial charge is 0.243 e. The molecule has 0 heterocycles. The maximum atomic E-state index is 12.0. The summed E-state index contributed by atoms with van der Waals surface area (Å²) in [7, 11) is -3.88. The van der Waals surface area contributed by atoms with Crippen LogP contribution in [0, 0.1) is 0 Å². The zero-order chi connectivity index (χ0) is 13.9. The van der Waals surface area contributed by atoms with E-state index in [4.69, 9.17) is 34.8 Å². The Labute approximate surface area is 121 Å². The first-order valence-electron chi connectivity index (χ1n) is 5.10. The Bertz CT molecular complexity index is 510. The number of hydrogen-bond acceptors (Lipinski definition) is 3. The van der Waals surface area contributed by atoms with Crippen LogP contribution in [0.5, 0.6) is 0 Å². The van der Waals surface area contributed by atoms with Crippen LogP contribution in [0.15, 0.2) is 17.0 Å². The van der Waals surface area contributed by atoms with Crippen LogP contribution in [-0.2, 0) is 10.0 Å². The molecule has 0 aliphatic rings. The predicted molar refractivity (Wildman–Crippen MR) is 73.0 cm³/mol. The van der Waals surface area contributed by atoms with E-state index in [-0.39, 0.29) is 26.5 Å². The molecule has 0 fully saturated rings. The summed E-state index contributed by atoms with van der Waals surface area (Å²) in [6, 6.07) is 2.58. The number of nitrogens with one attached hydrogen (secondary N) is 1. The molecule has 8 heteroatoms. The van der Waals surface area contributed by atoms with E-state index in [9.17, 15) is 13.5 Å². The summed E-state index contributed by atoms with van der Waals surface area (Å²) in [5.74, 6) is 0. The summed E-state index contributed by atoms with van der Waals surface area (Å²) in [5, 5.41) is 9.46. The van der Waals surface area contributed by atoms with Crippen molar-refractivity contribution in [2.75, 3.05) is 6.54 Å². The van der Waals surface area contributed by atoms with Gasteiger partial charge in [-0.2, -0.15) is 0 Å². The van der Waals surface area contributed by atoms with Crippen molar-refractivity contribution in [3.05, 3.63) is 27.2 Å². The number of halogens is 3. The van der Waals surface area contributed by atoms with Crippen LogP contribution in [-0.4, -0.2) is 26.2 Å². The fourth-order valence-electron chi connectivity index (χ4n) is 1.21. The summed E-state index contributed by atoms with van der Waals surface area (Å²) in [4.78, 5) is -0.237. The van der Waals surface area contributed by atoms with Gasteiger partial charge in [0.1, 0.15) is 4.90 Å². The van der Waals surface area contributed by atoms with Crippen molar-refractivity contribution in [2.45, 2.75) is 24.3 Å². The van der Waals surface area contributed by atoms with Crippen LogP contribution in [0.4, 0.5) is 0 Å². The minimum atomic E-state index is -3.88. The largest absolute Gasteiger partial charge is 0.392 e. The Kier molecular flexibility index (Phi) is 5.70. The van der Waals surface area contributed by atoms with Crippen LogP contribution in [0.3, 0.4) is 0 Å².